The van der Waals surface area contributed by atoms with Gasteiger partial charge in [-0.3, -0.25) is 4.79 Å². The van der Waals surface area contributed by atoms with E-state index in [0.29, 0.717) is 21.8 Å². The molecule has 1 fully saturated rings. The molecule has 192 valence electrons. The number of benzene rings is 1. The normalized spacial score (nSPS) is 19.0. The Labute approximate surface area is 223 Å². The van der Waals surface area contributed by atoms with Crippen LogP contribution in [0.2, 0.25) is 5.02 Å². The molecule has 10 nitrogen and oxygen atoms in total. The number of anilines is 1. The van der Waals surface area contributed by atoms with Crippen molar-refractivity contribution >= 4 is 17.4 Å². The molecule has 7 rings (SSSR count). The number of H-pyrrole nitrogens is 1. The Hall–Kier alpha value is -4.89. The molecule has 4 aromatic heterocycles. The van der Waals surface area contributed by atoms with E-state index in [4.69, 9.17) is 22.6 Å². The molecule has 39 heavy (non-hydrogen) atoms. The summed E-state index contributed by atoms with van der Waals surface area (Å²) in [6.45, 7) is 0. The maximum atomic E-state index is 14.9. The van der Waals surface area contributed by atoms with Gasteiger partial charge in [0.2, 0.25) is 11.9 Å². The van der Waals surface area contributed by atoms with Crippen molar-refractivity contribution in [1.82, 2.24) is 34.5 Å². The standard InChI is InChI=1S/C26H16ClF2N9O/c27-12-1-3-18(37-10-13(9-30)35-36-37)15(7-12)11-5-19-16-8-17(16)23(38(19)21(39)6-11)26-33-22(25(29)34-26)14-2-4-20(31)32-24(14)28/h1-7,10,16-17,23H,8H2,(H2,31,32)(H,33,34). The van der Waals surface area contributed by atoms with Gasteiger partial charge in [-0.15, -0.1) is 5.10 Å². The molecule has 5 aromatic rings. The lowest BCUT2D eigenvalue weighted by atomic mass is 10.0. The lowest BCUT2D eigenvalue weighted by Crippen LogP contribution is -2.26. The number of aromatic amines is 1. The molecule has 2 aliphatic rings. The van der Waals surface area contributed by atoms with Gasteiger partial charge >= 0.3 is 0 Å². The van der Waals surface area contributed by atoms with Gasteiger partial charge < -0.3 is 15.3 Å². The van der Waals surface area contributed by atoms with E-state index in [9.17, 15) is 13.6 Å². The zero-order valence-corrected chi connectivity index (χ0v) is 20.6. The molecular weight excluding hydrogens is 528 g/mol. The number of nitriles is 1. The van der Waals surface area contributed by atoms with Gasteiger partial charge in [-0.2, -0.15) is 14.0 Å². The van der Waals surface area contributed by atoms with E-state index >= 15 is 0 Å². The van der Waals surface area contributed by atoms with Gasteiger partial charge in [0.25, 0.3) is 5.56 Å². The van der Waals surface area contributed by atoms with Gasteiger partial charge in [0.1, 0.15) is 23.4 Å². The first-order chi connectivity index (χ1) is 18.8. The first-order valence-corrected chi connectivity index (χ1v) is 12.3. The fourth-order valence-electron chi connectivity index (χ4n) is 5.44. The predicted molar refractivity (Wildman–Crippen MR) is 136 cm³/mol. The summed E-state index contributed by atoms with van der Waals surface area (Å²) in [6, 6.07) is 12.6. The Morgan fingerprint density at radius 3 is 2.74 bits per heavy atom. The van der Waals surface area contributed by atoms with Crippen molar-refractivity contribution in [1.29, 1.82) is 5.26 Å². The number of aromatic nitrogens is 7. The van der Waals surface area contributed by atoms with Crippen molar-refractivity contribution in [2.75, 3.05) is 5.73 Å². The number of nitrogens with one attached hydrogen (secondary N) is 1. The number of hydrogen-bond acceptors (Lipinski definition) is 7. The van der Waals surface area contributed by atoms with Crippen molar-refractivity contribution in [2.45, 2.75) is 18.4 Å². The summed E-state index contributed by atoms with van der Waals surface area (Å²) in [4.78, 5) is 24.0. The Balaban J connectivity index is 1.32. The third-order valence-electron chi connectivity index (χ3n) is 7.21. The Kier molecular flexibility index (Phi) is 4.95. The van der Waals surface area contributed by atoms with Gasteiger partial charge in [0, 0.05) is 28.3 Å². The lowest BCUT2D eigenvalue weighted by molar-refractivity contribution is 0.504. The highest BCUT2D eigenvalue weighted by Crippen LogP contribution is 2.60. The molecular formula is C26H16ClF2N9O. The summed E-state index contributed by atoms with van der Waals surface area (Å²) in [5.41, 5.74) is 7.64. The molecule has 1 aromatic carbocycles. The fraction of sp³-hybridized carbons (Fsp3) is 0.154. The van der Waals surface area contributed by atoms with Crippen LogP contribution in [0.15, 0.2) is 53.5 Å². The predicted octanol–water partition coefficient (Wildman–Crippen LogP) is 3.97. The van der Waals surface area contributed by atoms with E-state index in [0.717, 1.165) is 12.1 Å². The van der Waals surface area contributed by atoms with E-state index in [2.05, 4.69) is 25.3 Å². The number of nitrogens with zero attached hydrogens (tertiary/aromatic N) is 7. The van der Waals surface area contributed by atoms with Crippen LogP contribution < -0.4 is 11.3 Å². The monoisotopic (exact) mass is 543 g/mol. The second kappa shape index (κ2) is 8.31. The highest BCUT2D eigenvalue weighted by molar-refractivity contribution is 6.31. The second-order valence-corrected chi connectivity index (χ2v) is 9.95. The van der Waals surface area contributed by atoms with Gasteiger partial charge in [-0.1, -0.05) is 16.8 Å². The fourth-order valence-corrected chi connectivity index (χ4v) is 5.62. The van der Waals surface area contributed by atoms with E-state index in [1.165, 1.54) is 29.1 Å². The van der Waals surface area contributed by atoms with Crippen LogP contribution in [-0.2, 0) is 0 Å². The molecule has 0 amide bonds. The molecule has 1 aliphatic carbocycles. The Morgan fingerprint density at radius 1 is 1.13 bits per heavy atom. The summed E-state index contributed by atoms with van der Waals surface area (Å²) >= 11 is 6.30. The average Bonchev–Trinajstić information content (AvgIpc) is 3.22. The van der Waals surface area contributed by atoms with E-state index < -0.39 is 17.9 Å². The molecule has 3 unspecified atom stereocenters. The number of nitrogens with two attached hydrogens (primary N) is 1. The second-order valence-electron chi connectivity index (χ2n) is 9.51. The number of fused-ring (bicyclic) bond motifs is 3. The molecule has 0 saturated heterocycles. The molecule has 0 bridgehead atoms. The third-order valence-corrected chi connectivity index (χ3v) is 7.44. The highest BCUT2D eigenvalue weighted by Gasteiger charge is 2.54. The maximum absolute atomic E-state index is 14.9. The third kappa shape index (κ3) is 3.62. The Bertz CT molecular complexity index is 1920. The first kappa shape index (κ1) is 23.2. The molecule has 3 N–H and O–H groups in total. The van der Waals surface area contributed by atoms with Crippen LogP contribution in [0.25, 0.3) is 28.1 Å². The summed E-state index contributed by atoms with van der Waals surface area (Å²) in [5, 5.41) is 17.4. The summed E-state index contributed by atoms with van der Waals surface area (Å²) in [7, 11) is 0. The van der Waals surface area contributed by atoms with Crippen molar-refractivity contribution < 1.29 is 8.78 Å². The smallest absolute Gasteiger partial charge is 0.252 e. The van der Waals surface area contributed by atoms with Crippen LogP contribution in [0.5, 0.6) is 0 Å². The zero-order chi connectivity index (χ0) is 27.0. The van der Waals surface area contributed by atoms with Gasteiger partial charge in [-0.05, 0) is 54.3 Å². The lowest BCUT2D eigenvalue weighted by Gasteiger charge is -2.17. The number of hydrogen-bond donors (Lipinski definition) is 2. The van der Waals surface area contributed by atoms with Crippen molar-refractivity contribution in [3.63, 3.8) is 0 Å². The van der Waals surface area contributed by atoms with E-state index in [1.54, 1.807) is 22.8 Å². The number of halogens is 3. The molecule has 0 radical (unpaired) electrons. The van der Waals surface area contributed by atoms with Crippen molar-refractivity contribution in [2.24, 2.45) is 5.92 Å². The first-order valence-electron chi connectivity index (χ1n) is 11.9. The van der Waals surface area contributed by atoms with Crippen LogP contribution >= 0.6 is 11.6 Å². The average molecular weight is 544 g/mol. The van der Waals surface area contributed by atoms with Gasteiger partial charge in [-0.25, -0.2) is 14.6 Å². The minimum Gasteiger partial charge on any atom is -0.384 e. The van der Waals surface area contributed by atoms with Crippen molar-refractivity contribution in [3.8, 4) is 34.1 Å². The van der Waals surface area contributed by atoms with Crippen LogP contribution in [0.1, 0.15) is 35.6 Å². The largest absolute Gasteiger partial charge is 0.384 e. The maximum Gasteiger partial charge on any atom is 0.252 e. The van der Waals surface area contributed by atoms with E-state index in [1.807, 2.05) is 12.1 Å². The SMILES string of the molecule is N#Cc1cn(-c2ccc(Cl)cc2-c2cc3n(c(=O)c2)C(c2nc(-c4ccc(N)nc4F)c(F)[nH]2)C2CC32)nn1. The minimum atomic E-state index is -0.934. The van der Waals surface area contributed by atoms with Crippen LogP contribution in [0, 0.1) is 29.1 Å². The molecule has 0 spiro atoms. The van der Waals surface area contributed by atoms with E-state index in [-0.39, 0.29) is 46.0 Å². The van der Waals surface area contributed by atoms with Gasteiger partial charge in [0.05, 0.1) is 23.5 Å². The number of rotatable bonds is 4. The van der Waals surface area contributed by atoms with Crippen molar-refractivity contribution in [3.05, 3.63) is 93.1 Å². The minimum absolute atomic E-state index is 0.0301. The highest BCUT2D eigenvalue weighted by atomic mass is 35.5. The summed E-state index contributed by atoms with van der Waals surface area (Å²) in [6.07, 6.45) is 2.28. The molecule has 5 heterocycles. The molecule has 1 aliphatic heterocycles. The number of pyridine rings is 2. The van der Waals surface area contributed by atoms with Crippen LogP contribution in [-0.4, -0.2) is 34.5 Å². The molecule has 3 atom stereocenters. The topological polar surface area (TPSA) is 144 Å². The quantitative estimate of drug-likeness (QED) is 0.326. The van der Waals surface area contributed by atoms with Crippen LogP contribution in [0.3, 0.4) is 0 Å². The number of imidazole rings is 1. The van der Waals surface area contributed by atoms with Gasteiger partial charge in [0.15, 0.2) is 5.69 Å². The van der Waals surface area contributed by atoms with Crippen LogP contribution in [0.4, 0.5) is 14.6 Å². The zero-order valence-electron chi connectivity index (χ0n) is 19.8. The molecule has 13 heteroatoms. The summed E-state index contributed by atoms with van der Waals surface area (Å²) < 4.78 is 32.4. The Morgan fingerprint density at radius 2 is 1.97 bits per heavy atom. The molecule has 1 saturated carbocycles. The summed E-state index contributed by atoms with van der Waals surface area (Å²) in [5.74, 6) is -1.44. The number of nitrogen functional groups attached to an aromatic ring is 1.